The predicted molar refractivity (Wildman–Crippen MR) is 47.2 cm³/mol. The quantitative estimate of drug-likeness (QED) is 0.683. The smallest absolute Gasteiger partial charge is 0.299 e. The van der Waals surface area contributed by atoms with Gasteiger partial charge >= 0.3 is 14.1 Å². The van der Waals surface area contributed by atoms with E-state index in [4.69, 9.17) is 4.89 Å². The lowest BCUT2D eigenvalue weighted by Gasteiger charge is -2.21. The number of hydrogen-bond acceptors (Lipinski definition) is 2. The van der Waals surface area contributed by atoms with Gasteiger partial charge in [0.05, 0.1) is 0 Å². The van der Waals surface area contributed by atoms with Crippen LogP contribution in [0.2, 0.25) is 0 Å². The second-order valence-electron chi connectivity index (χ2n) is 3.12. The zero-order chi connectivity index (χ0) is 14.1. The van der Waals surface area contributed by atoms with Crippen molar-refractivity contribution < 1.29 is 40.1 Å². The molecule has 0 bridgehead atoms. The van der Waals surface area contributed by atoms with Crippen molar-refractivity contribution in [1.29, 1.82) is 0 Å². The normalized spacial score (nSPS) is 17.3. The van der Waals surface area contributed by atoms with E-state index in [1.165, 1.54) is 0 Å². The summed E-state index contributed by atoms with van der Waals surface area (Å²) >= 11 is 0. The molecular weight excluding hydrogens is 289 g/mol. The minimum Gasteiger partial charge on any atom is -0.299 e. The third-order valence-corrected chi connectivity index (χ3v) is 2.27. The van der Waals surface area contributed by atoms with E-state index in [1.54, 1.807) is 0 Å². The molecular formula is C8H5F6O3P. The first-order valence-corrected chi connectivity index (χ1v) is 5.70. The Balaban J connectivity index is 3.27. The molecule has 2 atom stereocenters. The molecule has 0 aliphatic heterocycles. The number of benzene rings is 1. The van der Waals surface area contributed by atoms with Gasteiger partial charge in [-0.05, 0) is 6.07 Å². The van der Waals surface area contributed by atoms with Crippen LogP contribution in [0, 0.1) is 11.6 Å². The van der Waals surface area contributed by atoms with Crippen LogP contribution in [-0.4, -0.2) is 11.1 Å². The summed E-state index contributed by atoms with van der Waals surface area (Å²) in [4.78, 5) is 8.12. The summed E-state index contributed by atoms with van der Waals surface area (Å²) in [5.74, 6) is -3.56. The van der Waals surface area contributed by atoms with Crippen molar-refractivity contribution in [2.24, 2.45) is 0 Å². The van der Waals surface area contributed by atoms with Crippen molar-refractivity contribution in [3.05, 3.63) is 35.4 Å². The highest BCUT2D eigenvalue weighted by molar-refractivity contribution is 7.46. The van der Waals surface area contributed by atoms with Gasteiger partial charge in [0.1, 0.15) is 0 Å². The summed E-state index contributed by atoms with van der Waals surface area (Å²) < 4.78 is 88.8. The largest absolute Gasteiger partial charge is 0.511 e. The van der Waals surface area contributed by atoms with Crippen LogP contribution in [0.1, 0.15) is 11.7 Å². The lowest BCUT2D eigenvalue weighted by molar-refractivity contribution is -0.202. The van der Waals surface area contributed by atoms with Crippen LogP contribution in [0.25, 0.3) is 0 Å². The Labute approximate surface area is 96.6 Å². The van der Waals surface area contributed by atoms with E-state index in [0.717, 1.165) is 6.07 Å². The van der Waals surface area contributed by atoms with E-state index in [1.807, 2.05) is 0 Å². The molecule has 1 rings (SSSR count). The molecule has 1 aromatic rings. The van der Waals surface area contributed by atoms with Crippen LogP contribution < -0.4 is 0 Å². The Morgan fingerprint density at radius 2 is 1.83 bits per heavy atom. The first kappa shape index (κ1) is 15.0. The van der Waals surface area contributed by atoms with Gasteiger partial charge in [-0.25, -0.2) is 13.3 Å². The highest BCUT2D eigenvalue weighted by atomic mass is 31.2. The van der Waals surface area contributed by atoms with Gasteiger partial charge in [0.25, 0.3) is 0 Å². The van der Waals surface area contributed by atoms with Gasteiger partial charge in [0.15, 0.2) is 17.7 Å². The first-order chi connectivity index (χ1) is 8.02. The molecule has 0 saturated carbocycles. The second kappa shape index (κ2) is 4.91. The van der Waals surface area contributed by atoms with E-state index < -0.39 is 37.4 Å². The van der Waals surface area contributed by atoms with Crippen LogP contribution >= 0.6 is 7.91 Å². The average Bonchev–Trinajstić information content (AvgIpc) is 2.16. The number of hydrogen-bond donors (Lipinski definition) is 1. The van der Waals surface area contributed by atoms with Crippen molar-refractivity contribution in [3.8, 4) is 0 Å². The predicted octanol–water partition coefficient (Wildman–Crippen LogP) is 3.65. The molecule has 102 valence electrons. The monoisotopic (exact) mass is 294 g/mol. The Morgan fingerprint density at radius 1 is 1.28 bits per heavy atom. The molecule has 0 aliphatic rings. The fourth-order valence-electron chi connectivity index (χ4n) is 1.15. The molecule has 0 spiro atoms. The molecule has 2 unspecified atom stereocenters. The SMILES string of the molecule is O=P(O)(F)OC(c1cccc(F)c1F)C(F)(F)F. The maximum Gasteiger partial charge on any atom is 0.511 e. The number of halogens is 6. The van der Waals surface area contributed by atoms with E-state index in [2.05, 4.69) is 4.52 Å². The Morgan fingerprint density at radius 3 is 2.28 bits per heavy atom. The van der Waals surface area contributed by atoms with Gasteiger partial charge in [-0.1, -0.05) is 12.1 Å². The highest BCUT2D eigenvalue weighted by Crippen LogP contribution is 2.52. The fourth-order valence-corrected chi connectivity index (χ4v) is 1.64. The number of alkyl halides is 3. The molecule has 0 radical (unpaired) electrons. The van der Waals surface area contributed by atoms with Crippen LogP contribution in [0.4, 0.5) is 26.1 Å². The van der Waals surface area contributed by atoms with E-state index in [9.17, 15) is 30.7 Å². The van der Waals surface area contributed by atoms with Crippen LogP contribution in [0.3, 0.4) is 0 Å². The Kier molecular flexibility index (Phi) is 4.09. The lowest BCUT2D eigenvalue weighted by atomic mass is 10.1. The fraction of sp³-hybridized carbons (Fsp3) is 0.250. The standard InChI is InChI=1S/C8H5F6O3P/c9-5-3-1-2-4(6(5)10)7(8(11,12)13)17-18(14,15)16/h1-3,7H,(H,15,16). The van der Waals surface area contributed by atoms with Gasteiger partial charge < -0.3 is 0 Å². The van der Waals surface area contributed by atoms with Gasteiger partial charge in [0.2, 0.25) is 0 Å². The van der Waals surface area contributed by atoms with Crippen molar-refractivity contribution in [2.45, 2.75) is 12.3 Å². The second-order valence-corrected chi connectivity index (χ2v) is 4.24. The number of rotatable bonds is 3. The molecule has 0 heterocycles. The van der Waals surface area contributed by atoms with Gasteiger partial charge in [-0.3, -0.25) is 9.42 Å². The topological polar surface area (TPSA) is 46.5 Å². The van der Waals surface area contributed by atoms with Crippen LogP contribution in [-0.2, 0) is 9.09 Å². The highest BCUT2D eigenvalue weighted by Gasteiger charge is 2.47. The van der Waals surface area contributed by atoms with Crippen molar-refractivity contribution in [3.63, 3.8) is 0 Å². The molecule has 18 heavy (non-hydrogen) atoms. The molecule has 0 fully saturated rings. The van der Waals surface area contributed by atoms with E-state index >= 15 is 0 Å². The molecule has 0 saturated heterocycles. The summed E-state index contributed by atoms with van der Waals surface area (Å²) in [7, 11) is -6.03. The summed E-state index contributed by atoms with van der Waals surface area (Å²) in [6.07, 6.45) is -8.77. The maximum atomic E-state index is 13.1. The minimum absolute atomic E-state index is 0.465. The third-order valence-electron chi connectivity index (χ3n) is 1.80. The Bertz CT molecular complexity index is 482. The summed E-state index contributed by atoms with van der Waals surface area (Å²) in [5.41, 5.74) is -1.42. The van der Waals surface area contributed by atoms with Crippen molar-refractivity contribution in [1.82, 2.24) is 0 Å². The summed E-state index contributed by atoms with van der Waals surface area (Å²) in [6.45, 7) is 0. The maximum absolute atomic E-state index is 13.1. The molecule has 0 aliphatic carbocycles. The molecule has 1 aromatic carbocycles. The lowest BCUT2D eigenvalue weighted by Crippen LogP contribution is -2.23. The zero-order valence-electron chi connectivity index (χ0n) is 8.29. The zero-order valence-corrected chi connectivity index (χ0v) is 9.18. The minimum atomic E-state index is -6.03. The van der Waals surface area contributed by atoms with E-state index in [0.29, 0.717) is 12.1 Å². The van der Waals surface area contributed by atoms with Crippen molar-refractivity contribution in [2.75, 3.05) is 0 Å². The van der Waals surface area contributed by atoms with Gasteiger partial charge in [-0.2, -0.15) is 13.2 Å². The summed E-state index contributed by atoms with van der Waals surface area (Å²) in [5, 5.41) is 0. The van der Waals surface area contributed by atoms with Gasteiger partial charge in [-0.15, -0.1) is 4.20 Å². The molecule has 3 nitrogen and oxygen atoms in total. The third kappa shape index (κ3) is 3.72. The molecule has 0 amide bonds. The first-order valence-electron chi connectivity index (χ1n) is 4.24. The van der Waals surface area contributed by atoms with Crippen LogP contribution in [0.5, 0.6) is 0 Å². The Hall–Kier alpha value is -1.05. The van der Waals surface area contributed by atoms with Crippen LogP contribution in [0.15, 0.2) is 18.2 Å². The van der Waals surface area contributed by atoms with Gasteiger partial charge in [0, 0.05) is 5.56 Å². The molecule has 1 N–H and O–H groups in total. The molecule has 0 aromatic heterocycles. The molecule has 10 heteroatoms. The average molecular weight is 294 g/mol. The van der Waals surface area contributed by atoms with E-state index in [-0.39, 0.29) is 0 Å². The summed E-state index contributed by atoms with van der Waals surface area (Å²) in [6, 6.07) is 1.71. The van der Waals surface area contributed by atoms with Crippen molar-refractivity contribution >= 4 is 7.91 Å².